The lowest BCUT2D eigenvalue weighted by molar-refractivity contribution is 0.0601. The van der Waals surface area contributed by atoms with Crippen LogP contribution >= 0.6 is 0 Å². The fraction of sp³-hybridized carbons (Fsp3) is 0.150. The first kappa shape index (κ1) is 17.4. The summed E-state index contributed by atoms with van der Waals surface area (Å²) in [5, 5.41) is 6.41. The van der Waals surface area contributed by atoms with Crippen molar-refractivity contribution in [1.82, 2.24) is 9.97 Å². The number of nitrogens with one attached hydrogen (secondary N) is 2. The van der Waals surface area contributed by atoms with Crippen LogP contribution in [0.25, 0.3) is 11.3 Å². The molecule has 132 valence electrons. The molecule has 0 amide bonds. The number of methoxy groups -OCH3 is 1. The van der Waals surface area contributed by atoms with Gasteiger partial charge < -0.3 is 15.4 Å². The lowest BCUT2D eigenvalue weighted by atomic mass is 10.1. The standard InChI is InChI=1S/C20H20N4O2/c1-3-21-20-23-17(14-7-5-4-6-8-14)13-18(24-20)22-16-11-9-15(10-12-16)19(25)26-2/h4-13H,3H2,1-2H3,(H2,21,22,23,24). The Labute approximate surface area is 152 Å². The van der Waals surface area contributed by atoms with E-state index in [1.165, 1.54) is 7.11 Å². The van der Waals surface area contributed by atoms with Crippen LogP contribution in [0.4, 0.5) is 17.5 Å². The Morgan fingerprint density at radius 1 is 1.04 bits per heavy atom. The first-order valence-electron chi connectivity index (χ1n) is 8.33. The zero-order valence-corrected chi connectivity index (χ0v) is 14.7. The molecular weight excluding hydrogens is 328 g/mol. The Morgan fingerprint density at radius 3 is 2.42 bits per heavy atom. The van der Waals surface area contributed by atoms with Crippen molar-refractivity contribution in [3.63, 3.8) is 0 Å². The van der Waals surface area contributed by atoms with E-state index in [-0.39, 0.29) is 5.97 Å². The van der Waals surface area contributed by atoms with Gasteiger partial charge in [0.15, 0.2) is 0 Å². The molecule has 0 saturated heterocycles. The molecule has 3 rings (SSSR count). The Morgan fingerprint density at radius 2 is 1.77 bits per heavy atom. The van der Waals surface area contributed by atoms with E-state index in [0.717, 1.165) is 23.5 Å². The monoisotopic (exact) mass is 348 g/mol. The average Bonchev–Trinajstić information content (AvgIpc) is 2.69. The van der Waals surface area contributed by atoms with Crippen LogP contribution in [-0.4, -0.2) is 29.6 Å². The molecule has 3 aromatic rings. The van der Waals surface area contributed by atoms with Gasteiger partial charge in [-0.2, -0.15) is 4.98 Å². The first-order chi connectivity index (χ1) is 12.7. The van der Waals surface area contributed by atoms with E-state index in [9.17, 15) is 4.79 Å². The number of benzene rings is 2. The summed E-state index contributed by atoms with van der Waals surface area (Å²) in [6.07, 6.45) is 0. The molecule has 6 nitrogen and oxygen atoms in total. The van der Waals surface area contributed by atoms with Crippen molar-refractivity contribution in [1.29, 1.82) is 0 Å². The Bertz CT molecular complexity index is 880. The van der Waals surface area contributed by atoms with Crippen LogP contribution in [0.2, 0.25) is 0 Å². The van der Waals surface area contributed by atoms with E-state index in [1.807, 2.05) is 55.5 Å². The molecule has 26 heavy (non-hydrogen) atoms. The maximum absolute atomic E-state index is 11.5. The zero-order valence-electron chi connectivity index (χ0n) is 14.7. The highest BCUT2D eigenvalue weighted by molar-refractivity contribution is 5.89. The van der Waals surface area contributed by atoms with Crippen LogP contribution in [0.5, 0.6) is 0 Å². The fourth-order valence-corrected chi connectivity index (χ4v) is 2.46. The topological polar surface area (TPSA) is 76.1 Å². The summed E-state index contributed by atoms with van der Waals surface area (Å²) in [6.45, 7) is 2.72. The van der Waals surface area contributed by atoms with Crippen molar-refractivity contribution < 1.29 is 9.53 Å². The molecule has 0 fully saturated rings. The molecule has 0 aliphatic carbocycles. The number of aromatic nitrogens is 2. The molecule has 0 aliphatic rings. The van der Waals surface area contributed by atoms with Crippen molar-refractivity contribution in [3.8, 4) is 11.3 Å². The highest BCUT2D eigenvalue weighted by Crippen LogP contribution is 2.23. The van der Waals surface area contributed by atoms with E-state index in [4.69, 9.17) is 4.74 Å². The number of hydrogen-bond donors (Lipinski definition) is 2. The zero-order chi connectivity index (χ0) is 18.4. The summed E-state index contributed by atoms with van der Waals surface area (Å²) in [6, 6.07) is 18.9. The molecule has 2 N–H and O–H groups in total. The number of ether oxygens (including phenoxy) is 1. The van der Waals surface area contributed by atoms with Gasteiger partial charge in [0.2, 0.25) is 5.95 Å². The molecule has 0 radical (unpaired) electrons. The van der Waals surface area contributed by atoms with Crippen molar-refractivity contribution >= 4 is 23.4 Å². The van der Waals surface area contributed by atoms with Gasteiger partial charge in [0, 0.05) is 23.9 Å². The van der Waals surface area contributed by atoms with Crippen LogP contribution < -0.4 is 10.6 Å². The summed E-state index contributed by atoms with van der Waals surface area (Å²) in [5.74, 6) is 0.863. The smallest absolute Gasteiger partial charge is 0.337 e. The Kier molecular flexibility index (Phi) is 5.43. The van der Waals surface area contributed by atoms with Crippen molar-refractivity contribution in [3.05, 3.63) is 66.2 Å². The Balaban J connectivity index is 1.89. The third-order valence-corrected chi connectivity index (χ3v) is 3.71. The van der Waals surface area contributed by atoms with E-state index >= 15 is 0 Å². The van der Waals surface area contributed by atoms with E-state index in [2.05, 4.69) is 20.6 Å². The summed E-state index contributed by atoms with van der Waals surface area (Å²) in [7, 11) is 1.36. The van der Waals surface area contributed by atoms with Crippen molar-refractivity contribution in [2.45, 2.75) is 6.92 Å². The van der Waals surface area contributed by atoms with Gasteiger partial charge in [-0.25, -0.2) is 9.78 Å². The minimum atomic E-state index is -0.362. The van der Waals surface area contributed by atoms with Crippen LogP contribution in [0, 0.1) is 0 Å². The molecule has 0 spiro atoms. The molecular formula is C20H20N4O2. The minimum absolute atomic E-state index is 0.362. The average molecular weight is 348 g/mol. The lowest BCUT2D eigenvalue weighted by Crippen LogP contribution is -2.05. The number of anilines is 3. The molecule has 0 aliphatic heterocycles. The summed E-state index contributed by atoms with van der Waals surface area (Å²) >= 11 is 0. The van der Waals surface area contributed by atoms with E-state index in [1.54, 1.807) is 12.1 Å². The van der Waals surface area contributed by atoms with Crippen LogP contribution in [-0.2, 0) is 4.74 Å². The van der Waals surface area contributed by atoms with Gasteiger partial charge in [-0.1, -0.05) is 30.3 Å². The predicted octanol–water partition coefficient (Wildman–Crippen LogP) is 4.11. The largest absolute Gasteiger partial charge is 0.465 e. The molecule has 0 bridgehead atoms. The fourth-order valence-electron chi connectivity index (χ4n) is 2.46. The summed E-state index contributed by atoms with van der Waals surface area (Å²) < 4.78 is 4.71. The summed E-state index contributed by atoms with van der Waals surface area (Å²) in [5.41, 5.74) is 3.15. The van der Waals surface area contributed by atoms with Crippen molar-refractivity contribution in [2.75, 3.05) is 24.3 Å². The number of esters is 1. The molecule has 6 heteroatoms. The number of carbonyl (C=O) groups excluding carboxylic acids is 1. The summed E-state index contributed by atoms with van der Waals surface area (Å²) in [4.78, 5) is 20.6. The highest BCUT2D eigenvalue weighted by atomic mass is 16.5. The second kappa shape index (κ2) is 8.11. The van der Waals surface area contributed by atoms with Gasteiger partial charge in [0.25, 0.3) is 0 Å². The predicted molar refractivity (Wildman–Crippen MR) is 103 cm³/mol. The van der Waals surface area contributed by atoms with Crippen LogP contribution in [0.15, 0.2) is 60.7 Å². The normalized spacial score (nSPS) is 10.2. The van der Waals surface area contributed by atoms with Gasteiger partial charge in [-0.05, 0) is 31.2 Å². The molecule has 2 aromatic carbocycles. The SMILES string of the molecule is CCNc1nc(Nc2ccc(C(=O)OC)cc2)cc(-c2ccccc2)n1. The third kappa shape index (κ3) is 4.16. The molecule has 0 atom stereocenters. The second-order valence-corrected chi connectivity index (χ2v) is 5.55. The second-order valence-electron chi connectivity index (χ2n) is 5.55. The molecule has 1 aromatic heterocycles. The van der Waals surface area contributed by atoms with E-state index in [0.29, 0.717) is 17.3 Å². The van der Waals surface area contributed by atoms with Crippen molar-refractivity contribution in [2.24, 2.45) is 0 Å². The number of nitrogens with zero attached hydrogens (tertiary/aromatic N) is 2. The number of hydrogen-bond acceptors (Lipinski definition) is 6. The van der Waals surface area contributed by atoms with Crippen LogP contribution in [0.1, 0.15) is 17.3 Å². The minimum Gasteiger partial charge on any atom is -0.465 e. The van der Waals surface area contributed by atoms with Gasteiger partial charge in [-0.15, -0.1) is 0 Å². The third-order valence-electron chi connectivity index (χ3n) is 3.71. The van der Waals surface area contributed by atoms with Gasteiger partial charge in [0.05, 0.1) is 18.4 Å². The van der Waals surface area contributed by atoms with Gasteiger partial charge in [-0.3, -0.25) is 0 Å². The molecule has 1 heterocycles. The maximum Gasteiger partial charge on any atom is 0.337 e. The first-order valence-corrected chi connectivity index (χ1v) is 8.33. The Hall–Kier alpha value is -3.41. The van der Waals surface area contributed by atoms with Gasteiger partial charge in [0.1, 0.15) is 5.82 Å². The maximum atomic E-state index is 11.5. The quantitative estimate of drug-likeness (QED) is 0.653. The van der Waals surface area contributed by atoms with Gasteiger partial charge >= 0.3 is 5.97 Å². The van der Waals surface area contributed by atoms with E-state index < -0.39 is 0 Å². The number of rotatable bonds is 6. The number of carbonyl (C=O) groups is 1. The molecule has 0 unspecified atom stereocenters. The molecule has 0 saturated carbocycles. The lowest BCUT2D eigenvalue weighted by Gasteiger charge is -2.11. The highest BCUT2D eigenvalue weighted by Gasteiger charge is 2.08. The van der Waals surface area contributed by atoms with Crippen LogP contribution in [0.3, 0.4) is 0 Å².